The average Bonchev–Trinajstić information content (AvgIpc) is 2.44. The van der Waals surface area contributed by atoms with E-state index in [4.69, 9.17) is 14.2 Å². The van der Waals surface area contributed by atoms with E-state index >= 15 is 0 Å². The monoisotopic (exact) mass is 361 g/mol. The fourth-order valence-corrected chi connectivity index (χ4v) is 2.52. The maximum absolute atomic E-state index is 11.0. The van der Waals surface area contributed by atoms with E-state index in [0.29, 0.717) is 24.1 Å². The third kappa shape index (κ3) is 3.70. The highest BCUT2D eigenvalue weighted by Crippen LogP contribution is 2.38. The SMILES string of the molecule is COCCOC1C(O)CC1Oc1c(Br)cccc1[N+](=O)[O-]. The van der Waals surface area contributed by atoms with Gasteiger partial charge in [-0.05, 0) is 22.0 Å². The molecule has 0 heterocycles. The Balaban J connectivity index is 2.06. The van der Waals surface area contributed by atoms with Crippen LogP contribution >= 0.6 is 15.9 Å². The standard InChI is InChI=1S/C13H16BrNO6/c1-19-5-6-20-13-10(16)7-11(13)21-12-8(14)3-2-4-9(12)15(17)18/h2-4,10-11,13,16H,5-7H2,1H3. The summed E-state index contributed by atoms with van der Waals surface area (Å²) in [6.07, 6.45) is -1.19. The lowest BCUT2D eigenvalue weighted by Gasteiger charge is -2.40. The molecule has 1 aliphatic carbocycles. The van der Waals surface area contributed by atoms with E-state index in [1.165, 1.54) is 6.07 Å². The van der Waals surface area contributed by atoms with Gasteiger partial charge in [0.05, 0.1) is 28.7 Å². The summed E-state index contributed by atoms with van der Waals surface area (Å²) in [7, 11) is 1.55. The third-order valence-corrected chi connectivity index (χ3v) is 3.85. The maximum atomic E-state index is 11.0. The number of hydrogen-bond donors (Lipinski definition) is 1. The van der Waals surface area contributed by atoms with Crippen LogP contribution in [0, 0.1) is 10.1 Å². The van der Waals surface area contributed by atoms with Crippen molar-refractivity contribution in [1.29, 1.82) is 0 Å². The van der Waals surface area contributed by atoms with Crippen LogP contribution in [0.3, 0.4) is 0 Å². The van der Waals surface area contributed by atoms with Crippen LogP contribution in [0.15, 0.2) is 22.7 Å². The minimum Gasteiger partial charge on any atom is -0.480 e. The molecule has 21 heavy (non-hydrogen) atoms. The number of hydrogen-bond acceptors (Lipinski definition) is 6. The first-order chi connectivity index (χ1) is 10.0. The molecule has 3 atom stereocenters. The van der Waals surface area contributed by atoms with Crippen molar-refractivity contribution >= 4 is 21.6 Å². The minimum absolute atomic E-state index is 0.124. The van der Waals surface area contributed by atoms with Crippen molar-refractivity contribution in [2.45, 2.75) is 24.7 Å². The number of methoxy groups -OCH3 is 1. The summed E-state index contributed by atoms with van der Waals surface area (Å²) in [5, 5.41) is 20.7. The van der Waals surface area contributed by atoms with Gasteiger partial charge in [-0.1, -0.05) is 6.07 Å². The predicted octanol–water partition coefficient (Wildman–Crippen LogP) is 1.90. The fourth-order valence-electron chi connectivity index (χ4n) is 2.07. The summed E-state index contributed by atoms with van der Waals surface area (Å²) in [5.74, 6) is 0.153. The number of aliphatic hydroxyl groups excluding tert-OH is 1. The smallest absolute Gasteiger partial charge is 0.312 e. The van der Waals surface area contributed by atoms with Gasteiger partial charge in [0.1, 0.15) is 12.2 Å². The highest BCUT2D eigenvalue weighted by molar-refractivity contribution is 9.10. The second kappa shape index (κ2) is 7.17. The molecule has 0 aromatic heterocycles. The Labute approximate surface area is 130 Å². The molecule has 3 unspecified atom stereocenters. The first-order valence-corrected chi connectivity index (χ1v) is 7.22. The lowest BCUT2D eigenvalue weighted by Crippen LogP contribution is -2.55. The highest BCUT2D eigenvalue weighted by Gasteiger charge is 2.44. The molecule has 1 N–H and O–H groups in total. The first kappa shape index (κ1) is 16.2. The molecule has 0 radical (unpaired) electrons. The summed E-state index contributed by atoms with van der Waals surface area (Å²) in [5.41, 5.74) is -0.124. The molecule has 1 aromatic carbocycles. The summed E-state index contributed by atoms with van der Waals surface area (Å²) in [6.45, 7) is 0.737. The van der Waals surface area contributed by atoms with Gasteiger partial charge in [0.2, 0.25) is 5.75 Å². The van der Waals surface area contributed by atoms with Gasteiger partial charge < -0.3 is 19.3 Å². The summed E-state index contributed by atoms with van der Waals surface area (Å²) in [6, 6.07) is 4.60. The normalized spacial score (nSPS) is 24.4. The third-order valence-electron chi connectivity index (χ3n) is 3.23. The van der Waals surface area contributed by atoms with E-state index in [2.05, 4.69) is 15.9 Å². The molecule has 7 nitrogen and oxygen atoms in total. The van der Waals surface area contributed by atoms with E-state index in [9.17, 15) is 15.2 Å². The van der Waals surface area contributed by atoms with E-state index in [0.717, 1.165) is 0 Å². The van der Waals surface area contributed by atoms with Crippen molar-refractivity contribution < 1.29 is 24.2 Å². The first-order valence-electron chi connectivity index (χ1n) is 6.42. The van der Waals surface area contributed by atoms with Crippen LogP contribution in [0.2, 0.25) is 0 Å². The summed E-state index contributed by atoms with van der Waals surface area (Å²) in [4.78, 5) is 10.5. The van der Waals surface area contributed by atoms with Crippen LogP contribution in [-0.4, -0.2) is 48.7 Å². The molecule has 0 bridgehead atoms. The molecule has 0 spiro atoms. The molecule has 1 aromatic rings. The summed E-state index contributed by atoms with van der Waals surface area (Å²) < 4.78 is 16.5. The molecule has 2 rings (SSSR count). The van der Waals surface area contributed by atoms with Crippen molar-refractivity contribution in [3.8, 4) is 5.75 Å². The average molecular weight is 362 g/mol. The second-order valence-corrected chi connectivity index (χ2v) is 5.49. The number of nitrogens with zero attached hydrogens (tertiary/aromatic N) is 1. The quantitative estimate of drug-likeness (QED) is 0.453. The van der Waals surface area contributed by atoms with Gasteiger partial charge in [0.15, 0.2) is 0 Å². The zero-order valence-corrected chi connectivity index (χ0v) is 13.0. The molecular weight excluding hydrogens is 346 g/mol. The molecule has 0 saturated heterocycles. The van der Waals surface area contributed by atoms with Crippen molar-refractivity contribution in [3.63, 3.8) is 0 Å². The minimum atomic E-state index is -0.631. The van der Waals surface area contributed by atoms with Gasteiger partial charge >= 0.3 is 5.69 Å². The lowest BCUT2D eigenvalue weighted by atomic mass is 9.88. The van der Waals surface area contributed by atoms with Gasteiger partial charge in [0.25, 0.3) is 0 Å². The van der Waals surface area contributed by atoms with Gasteiger partial charge in [-0.15, -0.1) is 0 Å². The molecule has 116 valence electrons. The Bertz CT molecular complexity index is 511. The number of ether oxygens (including phenoxy) is 3. The Morgan fingerprint density at radius 1 is 1.48 bits per heavy atom. The van der Waals surface area contributed by atoms with Crippen molar-refractivity contribution in [2.75, 3.05) is 20.3 Å². The largest absolute Gasteiger partial charge is 0.480 e. The highest BCUT2D eigenvalue weighted by atomic mass is 79.9. The number of aliphatic hydroxyl groups is 1. The zero-order valence-electron chi connectivity index (χ0n) is 11.4. The molecular formula is C13H16BrNO6. The van der Waals surface area contributed by atoms with E-state index in [1.54, 1.807) is 19.2 Å². The molecule has 1 saturated carbocycles. The molecule has 1 aliphatic rings. The van der Waals surface area contributed by atoms with Crippen LogP contribution < -0.4 is 4.74 Å². The van der Waals surface area contributed by atoms with Crippen LogP contribution in [0.25, 0.3) is 0 Å². The Morgan fingerprint density at radius 2 is 2.24 bits per heavy atom. The van der Waals surface area contributed by atoms with E-state index < -0.39 is 23.2 Å². The number of nitro benzene ring substituents is 1. The van der Waals surface area contributed by atoms with Crippen LogP contribution in [0.5, 0.6) is 5.75 Å². The van der Waals surface area contributed by atoms with Gasteiger partial charge in [-0.25, -0.2) is 0 Å². The summed E-state index contributed by atoms with van der Waals surface area (Å²) >= 11 is 3.24. The van der Waals surface area contributed by atoms with Gasteiger partial charge in [-0.3, -0.25) is 10.1 Å². The van der Waals surface area contributed by atoms with Crippen LogP contribution in [0.1, 0.15) is 6.42 Å². The Morgan fingerprint density at radius 3 is 2.86 bits per heavy atom. The number of halogens is 1. The Hall–Kier alpha value is -1.22. The van der Waals surface area contributed by atoms with Gasteiger partial charge in [0, 0.05) is 19.6 Å². The second-order valence-electron chi connectivity index (χ2n) is 4.63. The van der Waals surface area contributed by atoms with E-state index in [-0.39, 0.29) is 11.4 Å². The lowest BCUT2D eigenvalue weighted by molar-refractivity contribution is -0.386. The topological polar surface area (TPSA) is 91.1 Å². The molecule has 8 heteroatoms. The van der Waals surface area contributed by atoms with Crippen molar-refractivity contribution in [1.82, 2.24) is 0 Å². The van der Waals surface area contributed by atoms with E-state index in [1.807, 2.05) is 0 Å². The van der Waals surface area contributed by atoms with Crippen LogP contribution in [0.4, 0.5) is 5.69 Å². The number of nitro groups is 1. The number of rotatable bonds is 7. The van der Waals surface area contributed by atoms with Crippen molar-refractivity contribution in [2.24, 2.45) is 0 Å². The molecule has 0 aliphatic heterocycles. The van der Waals surface area contributed by atoms with Gasteiger partial charge in [-0.2, -0.15) is 0 Å². The molecule has 1 fully saturated rings. The Kier molecular flexibility index (Phi) is 5.51. The number of benzene rings is 1. The number of para-hydroxylation sites is 1. The zero-order chi connectivity index (χ0) is 15.4. The van der Waals surface area contributed by atoms with Crippen molar-refractivity contribution in [3.05, 3.63) is 32.8 Å². The predicted molar refractivity (Wildman–Crippen MR) is 77.5 cm³/mol. The van der Waals surface area contributed by atoms with Crippen LogP contribution in [-0.2, 0) is 9.47 Å². The molecule has 0 amide bonds. The fraction of sp³-hybridized carbons (Fsp3) is 0.538. The maximum Gasteiger partial charge on any atom is 0.312 e.